The molecule has 1 rings (SSSR count). The molecule has 1 heterocycles. The van der Waals surface area contributed by atoms with Gasteiger partial charge in [0.05, 0.1) is 19.4 Å². The van der Waals surface area contributed by atoms with E-state index in [2.05, 4.69) is 15.0 Å². The highest BCUT2D eigenvalue weighted by molar-refractivity contribution is 5.93. The van der Waals surface area contributed by atoms with Gasteiger partial charge in [0.2, 0.25) is 0 Å². The number of rotatable bonds is 4. The molecule has 82 valence electrons. The van der Waals surface area contributed by atoms with Gasteiger partial charge in [-0.05, 0) is 19.1 Å². The maximum Gasteiger partial charge on any atom is 0.358 e. The van der Waals surface area contributed by atoms with E-state index in [0.29, 0.717) is 5.69 Å². The molecule has 1 aromatic rings. The molecule has 0 fully saturated rings. The number of aliphatic hydroxyl groups is 1. The summed E-state index contributed by atoms with van der Waals surface area (Å²) in [6.07, 6.45) is 1.51. The molecular weight excluding hydrogens is 196 g/mol. The van der Waals surface area contributed by atoms with E-state index in [4.69, 9.17) is 5.11 Å². The molecule has 0 radical (unpaired) electrons. The van der Waals surface area contributed by atoms with Gasteiger partial charge in [0.1, 0.15) is 0 Å². The second kappa shape index (κ2) is 5.31. The van der Waals surface area contributed by atoms with Crippen LogP contribution in [0.5, 0.6) is 0 Å². The number of carbonyl (C=O) groups is 1. The van der Waals surface area contributed by atoms with Crippen LogP contribution in [0.2, 0.25) is 0 Å². The van der Waals surface area contributed by atoms with Gasteiger partial charge in [-0.2, -0.15) is 0 Å². The number of pyridine rings is 1. The number of nitrogens with zero attached hydrogens (tertiary/aromatic N) is 1. The Kier molecular flexibility index (Phi) is 4.05. The third-order valence-corrected chi connectivity index (χ3v) is 1.86. The molecule has 15 heavy (non-hydrogen) atoms. The quantitative estimate of drug-likeness (QED) is 0.714. The van der Waals surface area contributed by atoms with Gasteiger partial charge < -0.3 is 15.2 Å². The molecule has 1 atom stereocenters. The molecule has 0 aromatic carbocycles. The highest BCUT2D eigenvalue weighted by Crippen LogP contribution is 2.14. The molecule has 0 amide bonds. The van der Waals surface area contributed by atoms with Crippen molar-refractivity contribution >= 4 is 11.7 Å². The summed E-state index contributed by atoms with van der Waals surface area (Å²) in [5.41, 5.74) is 0.784. The Balaban J connectivity index is 2.91. The highest BCUT2D eigenvalue weighted by Gasteiger charge is 2.13. The minimum absolute atomic E-state index is 0.0183. The topological polar surface area (TPSA) is 71.5 Å². The van der Waals surface area contributed by atoms with Crippen LogP contribution in [-0.2, 0) is 4.74 Å². The molecule has 5 heteroatoms. The minimum Gasteiger partial charge on any atom is -0.464 e. The van der Waals surface area contributed by atoms with Crippen LogP contribution >= 0.6 is 0 Å². The highest BCUT2D eigenvalue weighted by atomic mass is 16.5. The summed E-state index contributed by atoms with van der Waals surface area (Å²) in [7, 11) is 1.30. The van der Waals surface area contributed by atoms with E-state index in [1.807, 2.05) is 0 Å². The predicted molar refractivity (Wildman–Crippen MR) is 55.7 cm³/mol. The zero-order valence-corrected chi connectivity index (χ0v) is 8.73. The number of hydrogen-bond acceptors (Lipinski definition) is 5. The number of methoxy groups -OCH3 is 1. The second-order valence-corrected chi connectivity index (χ2v) is 3.12. The Morgan fingerprint density at radius 1 is 1.73 bits per heavy atom. The van der Waals surface area contributed by atoms with Gasteiger partial charge in [0, 0.05) is 12.2 Å². The Labute approximate surface area is 88.1 Å². The lowest BCUT2D eigenvalue weighted by Gasteiger charge is -2.14. The van der Waals surface area contributed by atoms with Crippen LogP contribution in [0.15, 0.2) is 18.3 Å². The summed E-state index contributed by atoms with van der Waals surface area (Å²) in [5, 5.41) is 11.8. The minimum atomic E-state index is -0.497. The van der Waals surface area contributed by atoms with Crippen molar-refractivity contribution in [2.75, 3.05) is 19.0 Å². The third kappa shape index (κ3) is 2.92. The summed E-state index contributed by atoms with van der Waals surface area (Å²) in [5.74, 6) is -0.497. The molecule has 2 N–H and O–H groups in total. The predicted octanol–water partition coefficient (Wildman–Crippen LogP) is 0.661. The normalized spacial score (nSPS) is 11.9. The second-order valence-electron chi connectivity index (χ2n) is 3.12. The molecule has 0 aliphatic rings. The first-order valence-corrected chi connectivity index (χ1v) is 4.59. The summed E-state index contributed by atoms with van der Waals surface area (Å²) in [6.45, 7) is 1.78. The Hall–Kier alpha value is -1.62. The van der Waals surface area contributed by atoms with Crippen LogP contribution in [-0.4, -0.2) is 35.8 Å². The molecule has 1 unspecified atom stereocenters. The SMILES string of the molecule is COC(=O)c1ncccc1NC(C)CO. The fourth-order valence-electron chi connectivity index (χ4n) is 1.09. The lowest BCUT2D eigenvalue weighted by Crippen LogP contribution is -2.21. The van der Waals surface area contributed by atoms with Gasteiger partial charge >= 0.3 is 5.97 Å². The molecule has 1 aromatic heterocycles. The molecule has 0 saturated carbocycles. The average Bonchev–Trinajstić information content (AvgIpc) is 2.28. The van der Waals surface area contributed by atoms with Crippen LogP contribution in [0.3, 0.4) is 0 Å². The van der Waals surface area contributed by atoms with Gasteiger partial charge in [0.25, 0.3) is 0 Å². The Morgan fingerprint density at radius 2 is 2.47 bits per heavy atom. The molecule has 0 aliphatic carbocycles. The number of esters is 1. The van der Waals surface area contributed by atoms with Crippen molar-refractivity contribution in [2.45, 2.75) is 13.0 Å². The standard InChI is InChI=1S/C10H14N2O3/c1-7(6-13)12-8-4-3-5-11-9(8)10(14)15-2/h3-5,7,12-13H,6H2,1-2H3. The molecule has 0 aliphatic heterocycles. The van der Waals surface area contributed by atoms with E-state index in [-0.39, 0.29) is 18.3 Å². The van der Waals surface area contributed by atoms with Gasteiger partial charge in [-0.3, -0.25) is 0 Å². The molecule has 0 bridgehead atoms. The molecule has 5 nitrogen and oxygen atoms in total. The third-order valence-electron chi connectivity index (χ3n) is 1.86. The average molecular weight is 210 g/mol. The maximum absolute atomic E-state index is 11.3. The van der Waals surface area contributed by atoms with Crippen molar-refractivity contribution in [3.05, 3.63) is 24.0 Å². The van der Waals surface area contributed by atoms with Crippen molar-refractivity contribution in [2.24, 2.45) is 0 Å². The Bertz CT molecular complexity index is 341. The maximum atomic E-state index is 11.3. The zero-order valence-electron chi connectivity index (χ0n) is 8.73. The Morgan fingerprint density at radius 3 is 3.07 bits per heavy atom. The van der Waals surface area contributed by atoms with Crippen molar-refractivity contribution in [1.29, 1.82) is 0 Å². The van der Waals surface area contributed by atoms with Crippen LogP contribution in [0, 0.1) is 0 Å². The van der Waals surface area contributed by atoms with Gasteiger partial charge in [-0.1, -0.05) is 0 Å². The van der Waals surface area contributed by atoms with E-state index in [9.17, 15) is 4.79 Å². The molecule has 0 spiro atoms. The lowest BCUT2D eigenvalue weighted by molar-refractivity contribution is 0.0595. The first-order chi connectivity index (χ1) is 7.19. The van der Waals surface area contributed by atoms with Crippen LogP contribution in [0.1, 0.15) is 17.4 Å². The number of ether oxygens (including phenoxy) is 1. The van der Waals surface area contributed by atoms with Crippen molar-refractivity contribution in [3.8, 4) is 0 Å². The van der Waals surface area contributed by atoms with Crippen LogP contribution < -0.4 is 5.32 Å². The number of anilines is 1. The number of nitrogens with one attached hydrogen (secondary N) is 1. The van der Waals surface area contributed by atoms with Gasteiger partial charge in [-0.15, -0.1) is 0 Å². The van der Waals surface area contributed by atoms with Crippen LogP contribution in [0.25, 0.3) is 0 Å². The summed E-state index contributed by atoms with van der Waals surface area (Å²) < 4.78 is 4.59. The van der Waals surface area contributed by atoms with Crippen molar-refractivity contribution in [1.82, 2.24) is 4.98 Å². The van der Waals surface area contributed by atoms with E-state index >= 15 is 0 Å². The van der Waals surface area contributed by atoms with Crippen molar-refractivity contribution < 1.29 is 14.6 Å². The zero-order chi connectivity index (χ0) is 11.3. The van der Waals surface area contributed by atoms with E-state index in [1.165, 1.54) is 13.3 Å². The van der Waals surface area contributed by atoms with Gasteiger partial charge in [0.15, 0.2) is 5.69 Å². The van der Waals surface area contributed by atoms with E-state index in [0.717, 1.165) is 0 Å². The fourth-order valence-corrected chi connectivity index (χ4v) is 1.09. The first kappa shape index (κ1) is 11.5. The first-order valence-electron chi connectivity index (χ1n) is 4.59. The summed E-state index contributed by atoms with van der Waals surface area (Å²) >= 11 is 0. The number of carbonyl (C=O) groups excluding carboxylic acids is 1. The van der Waals surface area contributed by atoms with Crippen molar-refractivity contribution in [3.63, 3.8) is 0 Å². The number of aromatic nitrogens is 1. The fraction of sp³-hybridized carbons (Fsp3) is 0.400. The largest absolute Gasteiger partial charge is 0.464 e. The van der Waals surface area contributed by atoms with E-state index in [1.54, 1.807) is 19.1 Å². The van der Waals surface area contributed by atoms with Gasteiger partial charge in [-0.25, -0.2) is 9.78 Å². The summed E-state index contributed by atoms with van der Waals surface area (Å²) in [4.78, 5) is 15.2. The lowest BCUT2D eigenvalue weighted by atomic mass is 10.2. The monoisotopic (exact) mass is 210 g/mol. The smallest absolute Gasteiger partial charge is 0.358 e. The molecular formula is C10H14N2O3. The van der Waals surface area contributed by atoms with Crippen LogP contribution in [0.4, 0.5) is 5.69 Å². The number of aliphatic hydroxyl groups excluding tert-OH is 1. The van der Waals surface area contributed by atoms with E-state index < -0.39 is 5.97 Å². The molecule has 0 saturated heterocycles. The number of hydrogen-bond donors (Lipinski definition) is 2. The summed E-state index contributed by atoms with van der Waals surface area (Å²) in [6, 6.07) is 3.28.